The largest absolute Gasteiger partial charge is 0.466 e. The molecule has 0 spiro atoms. The van der Waals surface area contributed by atoms with Crippen LogP contribution in [0.15, 0.2) is 51.4 Å². The smallest absolute Gasteiger partial charge is 0.338 e. The molecule has 2 amide bonds. The molecule has 2 aromatic heterocycles. The topological polar surface area (TPSA) is 120 Å². The number of hydrogen-bond donors (Lipinski definition) is 1. The average Bonchev–Trinajstić information content (AvgIpc) is 3.76. The number of carbonyl (C=O) groups excluding carboxylic acids is 3. The number of halogens is 2. The zero-order valence-electron chi connectivity index (χ0n) is 24.0. The molecule has 1 aromatic carbocycles. The molecule has 0 bridgehead atoms. The van der Waals surface area contributed by atoms with Gasteiger partial charge >= 0.3 is 12.0 Å². The van der Waals surface area contributed by atoms with Gasteiger partial charge in [0.05, 0.1) is 31.0 Å². The van der Waals surface area contributed by atoms with E-state index >= 15 is 0 Å². The predicted octanol–water partition coefficient (Wildman–Crippen LogP) is 4.06. The van der Waals surface area contributed by atoms with Gasteiger partial charge < -0.3 is 19.7 Å². The number of thiazole rings is 2. The van der Waals surface area contributed by atoms with Crippen molar-refractivity contribution in [2.24, 2.45) is 4.99 Å². The Morgan fingerprint density at radius 1 is 1.23 bits per heavy atom. The molecule has 5 heterocycles. The summed E-state index contributed by atoms with van der Waals surface area (Å²) >= 11 is 9.27. The fourth-order valence-electron chi connectivity index (χ4n) is 5.61. The maximum atomic E-state index is 14.0. The van der Waals surface area contributed by atoms with Crippen molar-refractivity contribution in [2.75, 3.05) is 44.7 Å². The average molecular weight is 658 g/mol. The molecule has 11 nitrogen and oxygen atoms in total. The molecule has 2 atom stereocenters. The van der Waals surface area contributed by atoms with Gasteiger partial charge in [0.1, 0.15) is 17.6 Å². The van der Waals surface area contributed by atoms with Crippen molar-refractivity contribution < 1.29 is 23.5 Å². The highest BCUT2D eigenvalue weighted by Gasteiger charge is 2.43. The van der Waals surface area contributed by atoms with Crippen LogP contribution < -0.4 is 10.2 Å². The van der Waals surface area contributed by atoms with E-state index in [0.717, 1.165) is 5.69 Å². The number of carbonyl (C=O) groups is 3. The number of methoxy groups -OCH3 is 1. The molecule has 0 saturated carbocycles. The number of piperazine rings is 1. The molecule has 1 N–H and O–H groups in total. The number of aromatic nitrogens is 2. The lowest BCUT2D eigenvalue weighted by Crippen LogP contribution is -2.53. The maximum Gasteiger partial charge on any atom is 0.338 e. The van der Waals surface area contributed by atoms with E-state index in [2.05, 4.69) is 20.2 Å². The molecule has 44 heavy (non-hydrogen) atoms. The zero-order valence-corrected chi connectivity index (χ0v) is 26.3. The van der Waals surface area contributed by atoms with Crippen molar-refractivity contribution in [3.63, 3.8) is 0 Å². The summed E-state index contributed by atoms with van der Waals surface area (Å²) in [6, 6.07) is 2.99. The van der Waals surface area contributed by atoms with Crippen molar-refractivity contribution >= 4 is 63.0 Å². The molecule has 3 aliphatic heterocycles. The van der Waals surface area contributed by atoms with E-state index in [1.54, 1.807) is 18.0 Å². The van der Waals surface area contributed by atoms with Gasteiger partial charge in [-0.2, -0.15) is 0 Å². The fraction of sp³-hybridized carbons (Fsp3) is 0.379. The second kappa shape index (κ2) is 12.7. The number of ketones is 1. The van der Waals surface area contributed by atoms with E-state index in [-0.39, 0.29) is 28.5 Å². The summed E-state index contributed by atoms with van der Waals surface area (Å²) in [6.45, 7) is 4.02. The molecular formula is C29H29ClFN7O4S2. The van der Waals surface area contributed by atoms with Crippen molar-refractivity contribution in [3.05, 3.63) is 73.5 Å². The number of ether oxygens (including phenoxy) is 1. The summed E-state index contributed by atoms with van der Waals surface area (Å²) in [5, 5.41) is 8.45. The monoisotopic (exact) mass is 657 g/mol. The lowest BCUT2D eigenvalue weighted by atomic mass is 9.95. The van der Waals surface area contributed by atoms with Crippen LogP contribution in [0.1, 0.15) is 35.7 Å². The Morgan fingerprint density at radius 3 is 2.80 bits per heavy atom. The summed E-state index contributed by atoms with van der Waals surface area (Å²) in [7, 11) is 1.30. The third-order valence-electron chi connectivity index (χ3n) is 7.75. The summed E-state index contributed by atoms with van der Waals surface area (Å²) in [4.78, 5) is 57.5. The Bertz CT molecular complexity index is 1660. The Hall–Kier alpha value is -3.72. The van der Waals surface area contributed by atoms with Gasteiger partial charge in [-0.15, -0.1) is 22.7 Å². The number of nitrogens with one attached hydrogen (secondary N) is 1. The van der Waals surface area contributed by atoms with Crippen LogP contribution in [0.4, 0.5) is 14.3 Å². The number of nitrogens with zero attached hydrogens (tertiary/aromatic N) is 6. The Balaban J connectivity index is 1.25. The minimum absolute atomic E-state index is 0.0824. The number of urea groups is 1. The third kappa shape index (κ3) is 6.11. The minimum atomic E-state index is -0.849. The van der Waals surface area contributed by atoms with Crippen LogP contribution in [-0.4, -0.2) is 89.3 Å². The van der Waals surface area contributed by atoms with Crippen LogP contribution in [0.5, 0.6) is 0 Å². The Morgan fingerprint density at radius 2 is 2.07 bits per heavy atom. The van der Waals surface area contributed by atoms with Gasteiger partial charge in [-0.05, 0) is 25.5 Å². The van der Waals surface area contributed by atoms with E-state index in [1.807, 2.05) is 15.7 Å². The standard InChI is InChI=1S/C29H29ClFN7O4S2/c1-16(39)3-5-18-15-44-28(33-18)38-13-19-12-36(8-9-37(19)29(38)41)14-22-23(27(40)42-2)24(20-6-4-17(31)11-21(20)30)35-25(34-22)26-32-7-10-43-26/h4,6-7,10-11,15,19,24H,3,5,8-9,12-14H2,1-2H3,(H,34,35)/t19-,24-/m0/s1. The number of anilines is 1. The summed E-state index contributed by atoms with van der Waals surface area (Å²) < 4.78 is 19.1. The van der Waals surface area contributed by atoms with Gasteiger partial charge in [0.25, 0.3) is 0 Å². The molecule has 0 radical (unpaired) electrons. The number of fused-ring (bicyclic) bond motifs is 1. The summed E-state index contributed by atoms with van der Waals surface area (Å²) in [5.41, 5.74) is 2.12. The molecule has 2 saturated heterocycles. The summed E-state index contributed by atoms with van der Waals surface area (Å²) in [6.07, 6.45) is 2.64. The lowest BCUT2D eigenvalue weighted by Gasteiger charge is -2.38. The van der Waals surface area contributed by atoms with Crippen LogP contribution in [-0.2, 0) is 20.7 Å². The fourth-order valence-corrected chi connectivity index (χ4v) is 7.33. The van der Waals surface area contributed by atoms with Gasteiger partial charge in [-0.25, -0.2) is 23.9 Å². The van der Waals surface area contributed by atoms with E-state index in [9.17, 15) is 18.8 Å². The lowest BCUT2D eigenvalue weighted by molar-refractivity contribution is -0.136. The second-order valence-corrected chi connectivity index (χ2v) is 12.8. The summed E-state index contributed by atoms with van der Waals surface area (Å²) in [5.74, 6) is -0.504. The number of benzene rings is 1. The van der Waals surface area contributed by atoms with Gasteiger partial charge in [-0.1, -0.05) is 17.7 Å². The molecule has 3 aliphatic rings. The van der Waals surface area contributed by atoms with Gasteiger partial charge in [-0.3, -0.25) is 14.8 Å². The van der Waals surface area contributed by atoms with E-state index in [4.69, 9.17) is 21.3 Å². The number of hydrogen-bond acceptors (Lipinski definition) is 11. The first-order valence-corrected chi connectivity index (χ1v) is 16.1. The van der Waals surface area contributed by atoms with Crippen molar-refractivity contribution in [3.8, 4) is 0 Å². The quantitative estimate of drug-likeness (QED) is 0.342. The number of esters is 1. The molecule has 2 fully saturated rings. The second-order valence-electron chi connectivity index (χ2n) is 10.7. The first-order chi connectivity index (χ1) is 21.2. The predicted molar refractivity (Wildman–Crippen MR) is 166 cm³/mol. The van der Waals surface area contributed by atoms with Gasteiger partial charge in [0.15, 0.2) is 16.0 Å². The molecule has 0 aliphatic carbocycles. The third-order valence-corrected chi connectivity index (χ3v) is 9.77. The number of Topliss-reactive ketones (excluding diaryl/α,β-unsaturated/α-hetero) is 1. The van der Waals surface area contributed by atoms with Crippen molar-refractivity contribution in [1.29, 1.82) is 0 Å². The zero-order chi connectivity index (χ0) is 31.0. The highest BCUT2D eigenvalue weighted by atomic mass is 35.5. The molecule has 230 valence electrons. The first kappa shape index (κ1) is 30.3. The van der Waals surface area contributed by atoms with E-state index < -0.39 is 17.8 Å². The van der Waals surface area contributed by atoms with Crippen LogP contribution in [0.2, 0.25) is 5.02 Å². The Kier molecular flexibility index (Phi) is 8.76. The van der Waals surface area contributed by atoms with Crippen molar-refractivity contribution in [2.45, 2.75) is 31.8 Å². The normalized spacial score (nSPS) is 20.5. The number of amidine groups is 1. The number of aliphatic imine (C=N–C) groups is 1. The van der Waals surface area contributed by atoms with Gasteiger partial charge in [0, 0.05) is 65.8 Å². The molecular weight excluding hydrogens is 629 g/mol. The molecule has 15 heteroatoms. The molecule has 0 unspecified atom stereocenters. The van der Waals surface area contributed by atoms with Crippen LogP contribution in [0, 0.1) is 5.82 Å². The molecule has 3 aromatic rings. The van der Waals surface area contributed by atoms with Crippen LogP contribution >= 0.6 is 34.3 Å². The number of rotatable bonds is 9. The molecule has 6 rings (SSSR count). The van der Waals surface area contributed by atoms with E-state index in [1.165, 1.54) is 48.0 Å². The van der Waals surface area contributed by atoms with Crippen LogP contribution in [0.25, 0.3) is 0 Å². The van der Waals surface area contributed by atoms with Gasteiger partial charge in [0.2, 0.25) is 0 Å². The minimum Gasteiger partial charge on any atom is -0.466 e. The maximum absolute atomic E-state index is 14.0. The van der Waals surface area contributed by atoms with Crippen LogP contribution in [0.3, 0.4) is 0 Å². The SMILES string of the molecule is COC(=O)C1=C(CN2CCN3C(=O)N(c4nc(CCC(C)=O)cs4)C[C@@H]3C2)NC(c2nccs2)=N[C@H]1c1ccc(F)cc1Cl. The first-order valence-electron chi connectivity index (χ1n) is 14.0. The number of amides is 2. The van der Waals surface area contributed by atoms with Crippen molar-refractivity contribution in [1.82, 2.24) is 25.1 Å². The highest BCUT2D eigenvalue weighted by molar-refractivity contribution is 7.14. The highest BCUT2D eigenvalue weighted by Crippen LogP contribution is 2.37. The van der Waals surface area contributed by atoms with E-state index in [0.29, 0.717) is 72.8 Å². The Labute approximate surface area is 266 Å². The number of aryl methyl sites for hydroxylation is 1.